The molecule has 0 amide bonds. The lowest BCUT2D eigenvalue weighted by Gasteiger charge is -2.26. The lowest BCUT2D eigenvalue weighted by molar-refractivity contribution is 0.662. The van der Waals surface area contributed by atoms with Gasteiger partial charge in [-0.05, 0) is 30.6 Å². The molecule has 0 spiro atoms. The van der Waals surface area contributed by atoms with E-state index in [1.165, 1.54) is 5.56 Å². The van der Waals surface area contributed by atoms with Gasteiger partial charge in [-0.15, -0.1) is 11.8 Å². The Labute approximate surface area is 104 Å². The van der Waals surface area contributed by atoms with Crippen LogP contribution < -0.4 is 0 Å². The van der Waals surface area contributed by atoms with Crippen molar-refractivity contribution in [1.29, 1.82) is 0 Å². The fourth-order valence-corrected chi connectivity index (χ4v) is 5.99. The highest BCUT2D eigenvalue weighted by Crippen LogP contribution is 2.42. The Bertz CT molecular complexity index is 363. The van der Waals surface area contributed by atoms with Crippen LogP contribution in [-0.4, -0.2) is 19.8 Å². The zero-order valence-corrected chi connectivity index (χ0v) is 11.3. The molecule has 0 aliphatic carbocycles. The molecule has 16 heavy (non-hydrogen) atoms. The zero-order chi connectivity index (χ0) is 11.4. The number of hydrogen-bond donors (Lipinski definition) is 0. The van der Waals surface area contributed by atoms with Crippen LogP contribution in [0.25, 0.3) is 0 Å². The van der Waals surface area contributed by atoms with Gasteiger partial charge in [0.25, 0.3) is 0 Å². The van der Waals surface area contributed by atoms with Crippen LogP contribution in [-0.2, 0) is 17.2 Å². The highest BCUT2D eigenvalue weighted by molar-refractivity contribution is 8.12. The lowest BCUT2D eigenvalue weighted by atomic mass is 10.1. The Morgan fingerprint density at radius 2 is 2.12 bits per heavy atom. The van der Waals surface area contributed by atoms with Crippen LogP contribution in [0.3, 0.4) is 0 Å². The Balaban J connectivity index is 2.18. The van der Waals surface area contributed by atoms with Crippen molar-refractivity contribution in [2.75, 3.05) is 11.5 Å². The Morgan fingerprint density at radius 3 is 2.69 bits per heavy atom. The molecule has 3 heteroatoms. The van der Waals surface area contributed by atoms with E-state index in [2.05, 4.69) is 31.2 Å². The summed E-state index contributed by atoms with van der Waals surface area (Å²) in [5.74, 6) is 1.94. The molecule has 2 atom stereocenters. The summed E-state index contributed by atoms with van der Waals surface area (Å²) in [6, 6.07) is 10.5. The maximum atomic E-state index is 12.2. The second-order valence-electron chi connectivity index (χ2n) is 4.16. The van der Waals surface area contributed by atoms with Crippen LogP contribution in [0.4, 0.5) is 0 Å². The fraction of sp³-hybridized carbons (Fsp3) is 0.538. The van der Waals surface area contributed by atoms with Crippen molar-refractivity contribution in [1.82, 2.24) is 0 Å². The highest BCUT2D eigenvalue weighted by atomic mass is 32.2. The number of thioether (sulfide) groups is 1. The molecule has 1 saturated heterocycles. The van der Waals surface area contributed by atoms with Crippen LogP contribution in [0, 0.1) is 0 Å². The summed E-state index contributed by atoms with van der Waals surface area (Å²) in [6.07, 6.45) is 3.18. The predicted molar refractivity (Wildman–Crippen MR) is 73.3 cm³/mol. The van der Waals surface area contributed by atoms with E-state index in [-0.39, 0.29) is 4.08 Å². The SMILES string of the molecule is CCS[C@@]1(Cc2ccccc2)CCCS1=O. The first kappa shape index (κ1) is 12.2. The molecule has 1 heterocycles. The monoisotopic (exact) mass is 254 g/mol. The molecule has 2 rings (SSSR count). The molecule has 0 saturated carbocycles. The van der Waals surface area contributed by atoms with Crippen molar-refractivity contribution in [3.8, 4) is 0 Å². The third kappa shape index (κ3) is 2.51. The Hall–Kier alpha value is -0.280. The van der Waals surface area contributed by atoms with Crippen LogP contribution in [0.5, 0.6) is 0 Å². The molecule has 1 aliphatic heterocycles. The minimum atomic E-state index is -0.657. The van der Waals surface area contributed by atoms with Gasteiger partial charge in [0.15, 0.2) is 0 Å². The minimum Gasteiger partial charge on any atom is -0.258 e. The van der Waals surface area contributed by atoms with E-state index in [0.29, 0.717) is 0 Å². The van der Waals surface area contributed by atoms with Crippen LogP contribution in [0.2, 0.25) is 0 Å². The van der Waals surface area contributed by atoms with Gasteiger partial charge in [0.05, 0.1) is 4.08 Å². The van der Waals surface area contributed by atoms with Gasteiger partial charge in [-0.3, -0.25) is 4.21 Å². The molecule has 0 aromatic heterocycles. The Morgan fingerprint density at radius 1 is 1.38 bits per heavy atom. The largest absolute Gasteiger partial charge is 0.258 e. The lowest BCUT2D eigenvalue weighted by Crippen LogP contribution is -2.29. The van der Waals surface area contributed by atoms with Crippen LogP contribution in [0.1, 0.15) is 25.3 Å². The van der Waals surface area contributed by atoms with E-state index >= 15 is 0 Å². The van der Waals surface area contributed by atoms with E-state index in [1.807, 2.05) is 17.8 Å². The molecule has 0 N–H and O–H groups in total. The van der Waals surface area contributed by atoms with Crippen LogP contribution in [0.15, 0.2) is 30.3 Å². The summed E-state index contributed by atoms with van der Waals surface area (Å²) in [5, 5.41) is 0. The molecule has 1 nitrogen and oxygen atoms in total. The molecule has 1 aromatic rings. The summed E-state index contributed by atoms with van der Waals surface area (Å²) in [5.41, 5.74) is 1.32. The molecular weight excluding hydrogens is 236 g/mol. The van der Waals surface area contributed by atoms with Gasteiger partial charge in [-0.2, -0.15) is 0 Å². The first-order valence-corrected chi connectivity index (χ1v) is 8.14. The maximum absolute atomic E-state index is 12.2. The predicted octanol–water partition coefficient (Wildman–Crippen LogP) is 3.22. The van der Waals surface area contributed by atoms with E-state index < -0.39 is 10.8 Å². The first-order valence-electron chi connectivity index (χ1n) is 5.83. The van der Waals surface area contributed by atoms with E-state index in [9.17, 15) is 4.21 Å². The maximum Gasteiger partial charge on any atom is 0.0948 e. The van der Waals surface area contributed by atoms with Crippen LogP contribution >= 0.6 is 11.8 Å². The van der Waals surface area contributed by atoms with Crippen molar-refractivity contribution in [3.63, 3.8) is 0 Å². The smallest absolute Gasteiger partial charge is 0.0948 e. The summed E-state index contributed by atoms with van der Waals surface area (Å²) in [6.45, 7) is 2.16. The van der Waals surface area contributed by atoms with Gasteiger partial charge in [0, 0.05) is 16.6 Å². The van der Waals surface area contributed by atoms with Gasteiger partial charge in [-0.25, -0.2) is 0 Å². The normalized spacial score (nSPS) is 29.4. The molecule has 88 valence electrons. The summed E-state index contributed by atoms with van der Waals surface area (Å²) in [4.78, 5) is 0. The molecule has 1 aliphatic rings. The van der Waals surface area contributed by atoms with Gasteiger partial charge < -0.3 is 0 Å². The standard InChI is InChI=1S/C13H18OS2/c1-2-15-13(9-6-10-16(13)14)11-12-7-4-3-5-8-12/h3-5,7-8H,2,6,9-11H2,1H3/t13-,16?/m0/s1. The van der Waals surface area contributed by atoms with Gasteiger partial charge in [0.1, 0.15) is 0 Å². The molecule has 0 radical (unpaired) electrons. The summed E-state index contributed by atoms with van der Waals surface area (Å²) < 4.78 is 12.2. The Kier molecular flexibility index (Phi) is 4.09. The van der Waals surface area contributed by atoms with Gasteiger partial charge >= 0.3 is 0 Å². The molecule has 1 aromatic carbocycles. The zero-order valence-electron chi connectivity index (χ0n) is 9.65. The average molecular weight is 254 g/mol. The topological polar surface area (TPSA) is 17.1 Å². The quantitative estimate of drug-likeness (QED) is 0.820. The summed E-state index contributed by atoms with van der Waals surface area (Å²) in [7, 11) is -0.657. The number of hydrogen-bond acceptors (Lipinski definition) is 2. The molecule has 1 unspecified atom stereocenters. The average Bonchev–Trinajstić information content (AvgIpc) is 2.62. The fourth-order valence-electron chi connectivity index (χ4n) is 2.30. The number of rotatable bonds is 4. The van der Waals surface area contributed by atoms with Gasteiger partial charge in [0.2, 0.25) is 0 Å². The van der Waals surface area contributed by atoms with Crippen molar-refractivity contribution in [2.24, 2.45) is 0 Å². The van der Waals surface area contributed by atoms with Crippen molar-refractivity contribution in [2.45, 2.75) is 30.3 Å². The molecule has 1 fully saturated rings. The third-order valence-electron chi connectivity index (χ3n) is 3.03. The summed E-state index contributed by atoms with van der Waals surface area (Å²) >= 11 is 1.89. The second kappa shape index (κ2) is 5.37. The van der Waals surface area contributed by atoms with E-state index in [4.69, 9.17) is 0 Å². The van der Waals surface area contributed by atoms with Gasteiger partial charge in [-0.1, -0.05) is 37.3 Å². The molecular formula is C13H18OS2. The first-order chi connectivity index (χ1) is 7.77. The minimum absolute atomic E-state index is 0.00387. The van der Waals surface area contributed by atoms with Crippen molar-refractivity contribution in [3.05, 3.63) is 35.9 Å². The van der Waals surface area contributed by atoms with Crippen molar-refractivity contribution >= 4 is 22.6 Å². The number of benzene rings is 1. The van der Waals surface area contributed by atoms with E-state index in [1.54, 1.807) is 0 Å². The molecule has 0 bridgehead atoms. The van der Waals surface area contributed by atoms with E-state index in [0.717, 1.165) is 30.8 Å². The highest BCUT2D eigenvalue weighted by Gasteiger charge is 2.40. The third-order valence-corrected chi connectivity index (χ3v) is 6.94. The second-order valence-corrected chi connectivity index (χ2v) is 7.95. The van der Waals surface area contributed by atoms with Crippen molar-refractivity contribution < 1.29 is 4.21 Å².